The van der Waals surface area contributed by atoms with E-state index in [0.29, 0.717) is 24.2 Å². The van der Waals surface area contributed by atoms with Crippen LogP contribution in [0.2, 0.25) is 0 Å². The first-order chi connectivity index (χ1) is 12.4. The summed E-state index contributed by atoms with van der Waals surface area (Å²) in [5, 5.41) is 2.96. The second-order valence-corrected chi connectivity index (χ2v) is 6.95. The quantitative estimate of drug-likeness (QED) is 0.863. The van der Waals surface area contributed by atoms with Gasteiger partial charge in [-0.05, 0) is 50.7 Å². The Morgan fingerprint density at radius 2 is 2.04 bits per heavy atom. The third-order valence-electron chi connectivity index (χ3n) is 4.88. The highest BCUT2D eigenvalue weighted by Crippen LogP contribution is 2.26. The third-order valence-corrected chi connectivity index (χ3v) is 4.88. The van der Waals surface area contributed by atoms with Crippen molar-refractivity contribution >= 4 is 11.7 Å². The maximum atomic E-state index is 12.7. The number of pyridine rings is 1. The van der Waals surface area contributed by atoms with Crippen molar-refractivity contribution in [1.82, 2.24) is 10.3 Å². The highest BCUT2D eigenvalue weighted by molar-refractivity contribution is 5.99. The summed E-state index contributed by atoms with van der Waals surface area (Å²) >= 11 is 0. The lowest BCUT2D eigenvalue weighted by molar-refractivity contribution is -0.188. The fourth-order valence-corrected chi connectivity index (χ4v) is 3.66. The van der Waals surface area contributed by atoms with Crippen LogP contribution >= 0.6 is 0 Å². The van der Waals surface area contributed by atoms with E-state index in [1.807, 2.05) is 0 Å². The summed E-state index contributed by atoms with van der Waals surface area (Å²) in [6.45, 7) is 0.530. The van der Waals surface area contributed by atoms with Gasteiger partial charge in [0.2, 0.25) is 0 Å². The SMILES string of the molecule is O=C(N[C@H]1CCC[C@H](OCC(F)(F)F)C1)c1cccnc1N1CCCC1. The van der Waals surface area contributed by atoms with Gasteiger partial charge in [-0.25, -0.2) is 4.98 Å². The van der Waals surface area contributed by atoms with Gasteiger partial charge in [0, 0.05) is 25.3 Å². The molecule has 8 heteroatoms. The van der Waals surface area contributed by atoms with Gasteiger partial charge < -0.3 is 15.0 Å². The number of halogens is 3. The van der Waals surface area contributed by atoms with Gasteiger partial charge in [0.05, 0.1) is 11.7 Å². The number of ether oxygens (including phenoxy) is 1. The Labute approximate surface area is 150 Å². The zero-order valence-corrected chi connectivity index (χ0v) is 14.6. The molecule has 5 nitrogen and oxygen atoms in total. The summed E-state index contributed by atoms with van der Waals surface area (Å²) in [6, 6.07) is 3.29. The molecule has 2 heterocycles. The first kappa shape index (κ1) is 18.9. The van der Waals surface area contributed by atoms with Crippen LogP contribution in [-0.2, 0) is 4.74 Å². The molecule has 144 valence electrons. The van der Waals surface area contributed by atoms with Crippen LogP contribution in [-0.4, -0.2) is 48.9 Å². The molecule has 26 heavy (non-hydrogen) atoms. The van der Waals surface area contributed by atoms with Crippen LogP contribution in [0.25, 0.3) is 0 Å². The molecule has 0 bridgehead atoms. The van der Waals surface area contributed by atoms with E-state index < -0.39 is 18.9 Å². The van der Waals surface area contributed by atoms with E-state index in [-0.39, 0.29) is 11.9 Å². The fourth-order valence-electron chi connectivity index (χ4n) is 3.66. The number of rotatable bonds is 5. The Morgan fingerprint density at radius 3 is 2.77 bits per heavy atom. The number of anilines is 1. The lowest BCUT2D eigenvalue weighted by atomic mass is 9.92. The molecule has 0 unspecified atom stereocenters. The van der Waals surface area contributed by atoms with Crippen molar-refractivity contribution in [2.75, 3.05) is 24.6 Å². The van der Waals surface area contributed by atoms with Crippen LogP contribution < -0.4 is 10.2 Å². The molecule has 1 aliphatic carbocycles. The van der Waals surface area contributed by atoms with Crippen molar-refractivity contribution < 1.29 is 22.7 Å². The van der Waals surface area contributed by atoms with Crippen molar-refractivity contribution in [3.05, 3.63) is 23.9 Å². The standard InChI is InChI=1S/C18H24F3N3O2/c19-18(20,21)12-26-14-6-3-5-13(11-14)23-17(25)15-7-4-8-22-16(15)24-9-1-2-10-24/h4,7-8,13-14H,1-3,5-6,9-12H2,(H,23,25)/t13-,14-/m0/s1. The van der Waals surface area contributed by atoms with Gasteiger partial charge in [0.25, 0.3) is 5.91 Å². The Hall–Kier alpha value is -1.83. The van der Waals surface area contributed by atoms with Crippen LogP contribution in [0.1, 0.15) is 48.9 Å². The van der Waals surface area contributed by atoms with Crippen molar-refractivity contribution in [3.63, 3.8) is 0 Å². The lowest BCUT2D eigenvalue weighted by Gasteiger charge is -2.30. The molecule has 2 atom stereocenters. The molecule has 0 spiro atoms. The lowest BCUT2D eigenvalue weighted by Crippen LogP contribution is -2.41. The number of carbonyl (C=O) groups is 1. The van der Waals surface area contributed by atoms with Crippen molar-refractivity contribution in [1.29, 1.82) is 0 Å². The molecular formula is C18H24F3N3O2. The van der Waals surface area contributed by atoms with Crippen LogP contribution in [0, 0.1) is 0 Å². The Balaban J connectivity index is 1.59. The van der Waals surface area contributed by atoms with E-state index in [9.17, 15) is 18.0 Å². The third kappa shape index (κ3) is 5.09. The van der Waals surface area contributed by atoms with E-state index in [1.54, 1.807) is 18.3 Å². The van der Waals surface area contributed by atoms with Gasteiger partial charge in [-0.15, -0.1) is 0 Å². The number of nitrogens with one attached hydrogen (secondary N) is 1. The topological polar surface area (TPSA) is 54.5 Å². The highest BCUT2D eigenvalue weighted by atomic mass is 19.4. The smallest absolute Gasteiger partial charge is 0.369 e. The minimum atomic E-state index is -4.32. The minimum Gasteiger partial charge on any atom is -0.369 e. The average Bonchev–Trinajstić information content (AvgIpc) is 3.14. The summed E-state index contributed by atoms with van der Waals surface area (Å²) in [7, 11) is 0. The molecule has 0 aromatic carbocycles. The van der Waals surface area contributed by atoms with Crippen LogP contribution in [0.15, 0.2) is 18.3 Å². The number of aromatic nitrogens is 1. The van der Waals surface area contributed by atoms with Crippen molar-refractivity contribution in [3.8, 4) is 0 Å². The maximum absolute atomic E-state index is 12.7. The molecule has 1 aromatic heterocycles. The average molecular weight is 371 g/mol. The molecule has 1 saturated heterocycles. The molecule has 0 radical (unpaired) electrons. The van der Waals surface area contributed by atoms with Gasteiger partial charge in [0.1, 0.15) is 12.4 Å². The Morgan fingerprint density at radius 1 is 1.27 bits per heavy atom. The van der Waals surface area contributed by atoms with Gasteiger partial charge in [-0.1, -0.05) is 0 Å². The van der Waals surface area contributed by atoms with E-state index in [2.05, 4.69) is 15.2 Å². The number of hydrogen-bond acceptors (Lipinski definition) is 4. The predicted octanol–water partition coefficient (Wildman–Crippen LogP) is 3.30. The molecular weight excluding hydrogens is 347 g/mol. The highest BCUT2D eigenvalue weighted by Gasteiger charge is 2.32. The van der Waals surface area contributed by atoms with E-state index in [0.717, 1.165) is 38.8 Å². The molecule has 1 amide bonds. The Bertz CT molecular complexity index is 618. The van der Waals surface area contributed by atoms with Crippen LogP contribution in [0.3, 0.4) is 0 Å². The molecule has 2 fully saturated rings. The van der Waals surface area contributed by atoms with Gasteiger partial charge in [-0.3, -0.25) is 4.79 Å². The summed E-state index contributed by atoms with van der Waals surface area (Å²) < 4.78 is 41.9. The molecule has 1 saturated carbocycles. The first-order valence-corrected chi connectivity index (χ1v) is 9.11. The normalized spacial score (nSPS) is 23.9. The summed E-state index contributed by atoms with van der Waals surface area (Å²) in [5.41, 5.74) is 0.521. The first-order valence-electron chi connectivity index (χ1n) is 9.11. The predicted molar refractivity (Wildman–Crippen MR) is 91.2 cm³/mol. The zero-order valence-electron chi connectivity index (χ0n) is 14.6. The number of nitrogens with zero attached hydrogens (tertiary/aromatic N) is 2. The molecule has 3 rings (SSSR count). The molecule has 1 N–H and O–H groups in total. The van der Waals surface area contributed by atoms with Gasteiger partial charge >= 0.3 is 6.18 Å². The van der Waals surface area contributed by atoms with Crippen LogP contribution in [0.5, 0.6) is 0 Å². The summed E-state index contributed by atoms with van der Waals surface area (Å²) in [6.07, 6.45) is 1.52. The second-order valence-electron chi connectivity index (χ2n) is 6.95. The summed E-state index contributed by atoms with van der Waals surface area (Å²) in [4.78, 5) is 19.2. The van der Waals surface area contributed by atoms with Crippen LogP contribution in [0.4, 0.5) is 19.0 Å². The Kier molecular flexibility index (Phi) is 6.01. The minimum absolute atomic E-state index is 0.180. The maximum Gasteiger partial charge on any atom is 0.411 e. The number of carbonyl (C=O) groups excluding carboxylic acids is 1. The monoisotopic (exact) mass is 371 g/mol. The van der Waals surface area contributed by atoms with Gasteiger partial charge in [-0.2, -0.15) is 13.2 Å². The van der Waals surface area contributed by atoms with E-state index in [4.69, 9.17) is 4.74 Å². The number of hydrogen-bond donors (Lipinski definition) is 1. The summed E-state index contributed by atoms with van der Waals surface area (Å²) in [5.74, 6) is 0.463. The van der Waals surface area contributed by atoms with E-state index >= 15 is 0 Å². The molecule has 1 aliphatic heterocycles. The molecule has 1 aromatic rings. The zero-order chi connectivity index (χ0) is 18.6. The van der Waals surface area contributed by atoms with Gasteiger partial charge in [0.15, 0.2) is 0 Å². The van der Waals surface area contributed by atoms with Crippen molar-refractivity contribution in [2.45, 2.75) is 56.8 Å². The molecule has 2 aliphatic rings. The number of amides is 1. The van der Waals surface area contributed by atoms with E-state index in [1.165, 1.54) is 0 Å². The fraction of sp³-hybridized carbons (Fsp3) is 0.667. The van der Waals surface area contributed by atoms with Crippen molar-refractivity contribution in [2.24, 2.45) is 0 Å². The largest absolute Gasteiger partial charge is 0.411 e. The second kappa shape index (κ2) is 8.24. The number of alkyl halides is 3.